The molecule has 0 radical (unpaired) electrons. The Morgan fingerprint density at radius 2 is 1.52 bits per heavy atom. The minimum atomic E-state index is -0.427. The van der Waals surface area contributed by atoms with E-state index in [0.29, 0.717) is 11.4 Å². The van der Waals surface area contributed by atoms with E-state index in [1.807, 2.05) is 30.3 Å². The van der Waals surface area contributed by atoms with Crippen LogP contribution in [0.4, 0.5) is 11.4 Å². The summed E-state index contributed by atoms with van der Waals surface area (Å²) in [7, 11) is 0. The van der Waals surface area contributed by atoms with Gasteiger partial charge in [0.05, 0.1) is 6.54 Å². The zero-order valence-electron chi connectivity index (χ0n) is 14.7. The fourth-order valence-electron chi connectivity index (χ4n) is 2.47. The molecule has 2 aromatic carbocycles. The highest BCUT2D eigenvalue weighted by Gasteiger charge is 2.10. The first-order valence-electron chi connectivity index (χ1n) is 8.32. The average molecular weight is 362 g/mol. The molecule has 0 atom stereocenters. The third-order valence-corrected chi connectivity index (χ3v) is 3.74. The monoisotopic (exact) mass is 362 g/mol. The predicted octanol–water partition coefficient (Wildman–Crippen LogP) is 2.50. The standard InChI is InChI=1S/C20H18N4O3/c1-14(25)21-16-7-9-17(10-8-16)22-20(27)18-11-12-19(26)24(23-18)13-15-5-3-2-4-6-15/h2-12H,13H2,1H3,(H,21,25)(H,22,27). The number of hydrogen-bond acceptors (Lipinski definition) is 4. The van der Waals surface area contributed by atoms with Gasteiger partial charge in [0, 0.05) is 24.4 Å². The van der Waals surface area contributed by atoms with Crippen LogP contribution < -0.4 is 16.2 Å². The van der Waals surface area contributed by atoms with Crippen molar-refractivity contribution in [3.63, 3.8) is 0 Å². The Hall–Kier alpha value is -3.74. The molecule has 7 heteroatoms. The molecule has 3 rings (SSSR count). The topological polar surface area (TPSA) is 93.1 Å². The van der Waals surface area contributed by atoms with Gasteiger partial charge in [0.2, 0.25) is 5.91 Å². The highest BCUT2D eigenvalue weighted by molar-refractivity contribution is 6.02. The van der Waals surface area contributed by atoms with Crippen LogP contribution in [-0.2, 0) is 11.3 Å². The lowest BCUT2D eigenvalue weighted by atomic mass is 10.2. The first-order chi connectivity index (χ1) is 13.0. The van der Waals surface area contributed by atoms with E-state index in [9.17, 15) is 14.4 Å². The van der Waals surface area contributed by atoms with Crippen LogP contribution >= 0.6 is 0 Å². The molecule has 136 valence electrons. The van der Waals surface area contributed by atoms with E-state index in [1.54, 1.807) is 24.3 Å². The Bertz CT molecular complexity index is 1010. The molecular weight excluding hydrogens is 344 g/mol. The van der Waals surface area contributed by atoms with Crippen LogP contribution in [0.3, 0.4) is 0 Å². The van der Waals surface area contributed by atoms with Crippen molar-refractivity contribution in [1.29, 1.82) is 0 Å². The summed E-state index contributed by atoms with van der Waals surface area (Å²) in [5, 5.41) is 9.53. The molecule has 1 heterocycles. The third-order valence-electron chi connectivity index (χ3n) is 3.74. The van der Waals surface area contributed by atoms with E-state index in [1.165, 1.54) is 23.7 Å². The largest absolute Gasteiger partial charge is 0.326 e. The van der Waals surface area contributed by atoms with Gasteiger partial charge in [0.1, 0.15) is 5.69 Å². The molecule has 0 aliphatic carbocycles. The molecule has 0 bridgehead atoms. The number of amides is 2. The summed E-state index contributed by atoms with van der Waals surface area (Å²) in [6.45, 7) is 1.71. The molecule has 7 nitrogen and oxygen atoms in total. The normalized spacial score (nSPS) is 10.3. The minimum absolute atomic E-state index is 0.136. The number of anilines is 2. The quantitative estimate of drug-likeness (QED) is 0.729. The van der Waals surface area contributed by atoms with Gasteiger partial charge < -0.3 is 10.6 Å². The van der Waals surface area contributed by atoms with Crippen molar-refractivity contribution in [3.8, 4) is 0 Å². The van der Waals surface area contributed by atoms with Gasteiger partial charge >= 0.3 is 0 Å². The predicted molar refractivity (Wildman–Crippen MR) is 103 cm³/mol. The summed E-state index contributed by atoms with van der Waals surface area (Å²) in [4.78, 5) is 35.5. The zero-order chi connectivity index (χ0) is 19.2. The lowest BCUT2D eigenvalue weighted by Crippen LogP contribution is -2.26. The van der Waals surface area contributed by atoms with Crippen LogP contribution in [0.2, 0.25) is 0 Å². The maximum Gasteiger partial charge on any atom is 0.276 e. The van der Waals surface area contributed by atoms with E-state index < -0.39 is 5.91 Å². The number of hydrogen-bond donors (Lipinski definition) is 2. The highest BCUT2D eigenvalue weighted by Crippen LogP contribution is 2.14. The number of rotatable bonds is 5. The van der Waals surface area contributed by atoms with Crippen LogP contribution in [-0.4, -0.2) is 21.6 Å². The summed E-state index contributed by atoms with van der Waals surface area (Å²) >= 11 is 0. The Balaban J connectivity index is 1.74. The Morgan fingerprint density at radius 3 is 2.15 bits per heavy atom. The first kappa shape index (κ1) is 18.1. The Kier molecular flexibility index (Phi) is 5.41. The van der Waals surface area contributed by atoms with E-state index in [2.05, 4.69) is 15.7 Å². The molecule has 0 saturated heterocycles. The van der Waals surface area contributed by atoms with E-state index in [0.717, 1.165) is 5.56 Å². The van der Waals surface area contributed by atoms with Crippen molar-refractivity contribution in [2.45, 2.75) is 13.5 Å². The van der Waals surface area contributed by atoms with Crippen molar-refractivity contribution in [1.82, 2.24) is 9.78 Å². The average Bonchev–Trinajstić information content (AvgIpc) is 2.65. The second-order valence-corrected chi connectivity index (χ2v) is 5.91. The van der Waals surface area contributed by atoms with Crippen LogP contribution in [0.1, 0.15) is 23.0 Å². The fourth-order valence-corrected chi connectivity index (χ4v) is 2.47. The lowest BCUT2D eigenvalue weighted by Gasteiger charge is -2.09. The second-order valence-electron chi connectivity index (χ2n) is 5.91. The number of benzene rings is 2. The lowest BCUT2D eigenvalue weighted by molar-refractivity contribution is -0.114. The molecule has 0 saturated carbocycles. The van der Waals surface area contributed by atoms with Crippen LogP contribution in [0.5, 0.6) is 0 Å². The minimum Gasteiger partial charge on any atom is -0.326 e. The van der Waals surface area contributed by atoms with Crippen LogP contribution in [0.15, 0.2) is 71.5 Å². The van der Waals surface area contributed by atoms with Crippen LogP contribution in [0, 0.1) is 0 Å². The van der Waals surface area contributed by atoms with Gasteiger partial charge in [0.25, 0.3) is 11.5 Å². The molecule has 0 unspecified atom stereocenters. The van der Waals surface area contributed by atoms with E-state index in [4.69, 9.17) is 0 Å². The number of carbonyl (C=O) groups is 2. The fraction of sp³-hybridized carbons (Fsp3) is 0.100. The summed E-state index contributed by atoms with van der Waals surface area (Å²) < 4.78 is 1.25. The summed E-state index contributed by atoms with van der Waals surface area (Å²) in [6.07, 6.45) is 0. The van der Waals surface area contributed by atoms with Gasteiger partial charge in [-0.1, -0.05) is 30.3 Å². The smallest absolute Gasteiger partial charge is 0.276 e. The number of carbonyl (C=O) groups excluding carboxylic acids is 2. The Labute approximate surface area is 155 Å². The summed E-state index contributed by atoms with van der Waals surface area (Å²) in [5.74, 6) is -0.597. The highest BCUT2D eigenvalue weighted by atomic mass is 16.2. The van der Waals surface area contributed by atoms with Gasteiger partial charge in [0.15, 0.2) is 0 Å². The SMILES string of the molecule is CC(=O)Nc1ccc(NC(=O)c2ccc(=O)n(Cc3ccccc3)n2)cc1. The number of aromatic nitrogens is 2. The van der Waals surface area contributed by atoms with Crippen molar-refractivity contribution < 1.29 is 9.59 Å². The first-order valence-corrected chi connectivity index (χ1v) is 8.32. The third kappa shape index (κ3) is 4.88. The number of nitrogens with one attached hydrogen (secondary N) is 2. The maximum absolute atomic E-state index is 12.4. The molecule has 3 aromatic rings. The molecule has 0 spiro atoms. The van der Waals surface area contributed by atoms with Gasteiger partial charge in [-0.3, -0.25) is 14.4 Å². The zero-order valence-corrected chi connectivity index (χ0v) is 14.7. The molecule has 0 aliphatic heterocycles. The molecule has 27 heavy (non-hydrogen) atoms. The molecule has 1 aromatic heterocycles. The van der Waals surface area contributed by atoms with Crippen molar-refractivity contribution in [3.05, 3.63) is 88.3 Å². The van der Waals surface area contributed by atoms with Crippen molar-refractivity contribution in [2.75, 3.05) is 10.6 Å². The molecular formula is C20H18N4O3. The Morgan fingerprint density at radius 1 is 0.889 bits per heavy atom. The molecule has 2 N–H and O–H groups in total. The molecule has 0 aliphatic rings. The van der Waals surface area contributed by atoms with Gasteiger partial charge in [-0.05, 0) is 35.9 Å². The second kappa shape index (κ2) is 8.09. The maximum atomic E-state index is 12.4. The van der Waals surface area contributed by atoms with E-state index in [-0.39, 0.29) is 23.7 Å². The molecule has 2 amide bonds. The number of nitrogens with zero attached hydrogens (tertiary/aromatic N) is 2. The van der Waals surface area contributed by atoms with Crippen LogP contribution in [0.25, 0.3) is 0 Å². The molecule has 0 fully saturated rings. The van der Waals surface area contributed by atoms with Crippen molar-refractivity contribution >= 4 is 23.2 Å². The van der Waals surface area contributed by atoms with Gasteiger partial charge in [-0.15, -0.1) is 0 Å². The van der Waals surface area contributed by atoms with Gasteiger partial charge in [-0.25, -0.2) is 4.68 Å². The van der Waals surface area contributed by atoms with E-state index >= 15 is 0 Å². The summed E-state index contributed by atoms with van der Waals surface area (Å²) in [5.41, 5.74) is 1.96. The summed E-state index contributed by atoms with van der Waals surface area (Å²) in [6, 6.07) is 18.8. The van der Waals surface area contributed by atoms with Crippen molar-refractivity contribution in [2.24, 2.45) is 0 Å². The van der Waals surface area contributed by atoms with Gasteiger partial charge in [-0.2, -0.15) is 5.10 Å².